The lowest BCUT2D eigenvalue weighted by Gasteiger charge is -2.00. The van der Waals surface area contributed by atoms with Crippen LogP contribution in [0.3, 0.4) is 0 Å². The molecule has 3 N–H and O–H groups in total. The Morgan fingerprint density at radius 1 is 1.75 bits per heavy atom. The predicted molar refractivity (Wildman–Crippen MR) is 50.1 cm³/mol. The summed E-state index contributed by atoms with van der Waals surface area (Å²) in [6, 6.07) is 0. The molecule has 0 bridgehead atoms. The molecule has 4 nitrogen and oxygen atoms in total. The number of nitrogen functional groups attached to an aromatic ring is 1. The average molecular weight is 185 g/mol. The molecule has 12 heavy (non-hydrogen) atoms. The Labute approximate surface area is 74.9 Å². The van der Waals surface area contributed by atoms with Gasteiger partial charge in [0.1, 0.15) is 5.69 Å². The minimum atomic E-state index is -0.0556. The Hall–Kier alpha value is -0.970. The van der Waals surface area contributed by atoms with Crippen LogP contribution in [-0.4, -0.2) is 20.3 Å². The molecule has 0 aliphatic heterocycles. The number of nitrogens with one attached hydrogen (secondary N) is 1. The maximum absolute atomic E-state index is 11.3. The Morgan fingerprint density at radius 2 is 2.42 bits per heavy atom. The molecule has 0 saturated heterocycles. The number of rotatable bonds is 2. The van der Waals surface area contributed by atoms with Gasteiger partial charge in [-0.3, -0.25) is 4.79 Å². The van der Waals surface area contributed by atoms with Crippen LogP contribution in [0, 0.1) is 0 Å². The lowest BCUT2D eigenvalue weighted by Crippen LogP contribution is -2.02. The summed E-state index contributed by atoms with van der Waals surface area (Å²) in [6.07, 6.45) is 1.42. The van der Waals surface area contributed by atoms with Crippen molar-refractivity contribution in [2.45, 2.75) is 19.1 Å². The summed E-state index contributed by atoms with van der Waals surface area (Å²) in [5.74, 6) is 0.271. The molecule has 0 fully saturated rings. The fraction of sp³-hybridized carbons (Fsp3) is 0.429. The number of thioether (sulfide) groups is 1. The van der Waals surface area contributed by atoms with Crippen LogP contribution in [0.2, 0.25) is 0 Å². The molecular weight excluding hydrogens is 174 g/mol. The van der Waals surface area contributed by atoms with E-state index in [-0.39, 0.29) is 16.2 Å². The minimum Gasteiger partial charge on any atom is -0.382 e. The third-order valence-corrected chi connectivity index (χ3v) is 2.11. The number of hydrogen-bond donors (Lipinski definition) is 2. The minimum absolute atomic E-state index is 0.0556. The lowest BCUT2D eigenvalue weighted by molar-refractivity contribution is 0.108. The standard InChI is InChI=1S/C7H11N3OS/c1-4(2)12-7(11)5-6(8)10-3-9-5/h3-4H,8H2,1-2H3,(H,9,10). The van der Waals surface area contributed by atoms with Crippen LogP contribution in [-0.2, 0) is 0 Å². The van der Waals surface area contributed by atoms with E-state index in [0.717, 1.165) is 0 Å². The van der Waals surface area contributed by atoms with E-state index in [1.807, 2.05) is 13.8 Å². The third-order valence-electron chi connectivity index (χ3n) is 1.22. The summed E-state index contributed by atoms with van der Waals surface area (Å²) in [4.78, 5) is 17.8. The average Bonchev–Trinajstić information content (AvgIpc) is 2.33. The van der Waals surface area contributed by atoms with Gasteiger partial charge in [0, 0.05) is 5.25 Å². The Balaban J connectivity index is 2.72. The fourth-order valence-corrected chi connectivity index (χ4v) is 1.45. The molecule has 0 amide bonds. The Kier molecular flexibility index (Phi) is 2.75. The topological polar surface area (TPSA) is 71.8 Å². The van der Waals surface area contributed by atoms with Gasteiger partial charge >= 0.3 is 0 Å². The summed E-state index contributed by atoms with van der Waals surface area (Å²) < 4.78 is 0. The van der Waals surface area contributed by atoms with Gasteiger partial charge in [0.05, 0.1) is 6.33 Å². The van der Waals surface area contributed by atoms with E-state index in [0.29, 0.717) is 5.69 Å². The van der Waals surface area contributed by atoms with Crippen molar-refractivity contribution in [3.63, 3.8) is 0 Å². The van der Waals surface area contributed by atoms with E-state index in [9.17, 15) is 4.79 Å². The number of aromatic amines is 1. The number of H-pyrrole nitrogens is 1. The first-order valence-electron chi connectivity index (χ1n) is 3.61. The van der Waals surface area contributed by atoms with Crippen LogP contribution in [0.4, 0.5) is 5.82 Å². The first-order chi connectivity index (χ1) is 5.61. The number of nitrogens with zero attached hydrogens (tertiary/aromatic N) is 1. The highest BCUT2D eigenvalue weighted by atomic mass is 32.2. The SMILES string of the molecule is CC(C)SC(=O)c1[nH]cnc1N. The molecule has 1 rings (SSSR count). The monoisotopic (exact) mass is 185 g/mol. The van der Waals surface area contributed by atoms with Crippen LogP contribution in [0.1, 0.15) is 24.3 Å². The molecule has 0 radical (unpaired) electrons. The second kappa shape index (κ2) is 3.62. The molecule has 0 atom stereocenters. The molecule has 0 spiro atoms. The van der Waals surface area contributed by atoms with Crippen molar-refractivity contribution >= 4 is 22.7 Å². The zero-order valence-corrected chi connectivity index (χ0v) is 7.81. The third kappa shape index (κ3) is 2.01. The second-order valence-corrected chi connectivity index (χ2v) is 4.17. The van der Waals surface area contributed by atoms with E-state index in [1.165, 1.54) is 18.1 Å². The highest BCUT2D eigenvalue weighted by Crippen LogP contribution is 2.18. The van der Waals surface area contributed by atoms with Crippen molar-refractivity contribution in [1.82, 2.24) is 9.97 Å². The molecule has 0 aliphatic carbocycles. The van der Waals surface area contributed by atoms with Gasteiger partial charge < -0.3 is 10.7 Å². The smallest absolute Gasteiger partial charge is 0.239 e. The van der Waals surface area contributed by atoms with Gasteiger partial charge in [0.2, 0.25) is 5.12 Å². The molecule has 1 heterocycles. The quantitative estimate of drug-likeness (QED) is 0.728. The number of carbonyl (C=O) groups excluding carboxylic acids is 1. The molecule has 66 valence electrons. The maximum atomic E-state index is 11.3. The molecule has 1 aromatic rings. The zero-order valence-electron chi connectivity index (χ0n) is 7.00. The van der Waals surface area contributed by atoms with Crippen molar-refractivity contribution in [3.8, 4) is 0 Å². The van der Waals surface area contributed by atoms with Crippen molar-refractivity contribution < 1.29 is 4.79 Å². The summed E-state index contributed by atoms with van der Waals surface area (Å²) in [5, 5.41) is 0.209. The normalized spacial score (nSPS) is 10.6. The van der Waals surface area contributed by atoms with E-state index in [1.54, 1.807) is 0 Å². The van der Waals surface area contributed by atoms with Gasteiger partial charge in [-0.05, 0) is 0 Å². The number of nitrogens with two attached hydrogens (primary N) is 1. The van der Waals surface area contributed by atoms with Crippen LogP contribution in [0.25, 0.3) is 0 Å². The summed E-state index contributed by atoms with van der Waals surface area (Å²) >= 11 is 1.24. The highest BCUT2D eigenvalue weighted by molar-refractivity contribution is 8.14. The lowest BCUT2D eigenvalue weighted by atomic mass is 10.5. The molecule has 1 aromatic heterocycles. The maximum Gasteiger partial charge on any atom is 0.239 e. The van der Waals surface area contributed by atoms with Crippen molar-refractivity contribution in [1.29, 1.82) is 0 Å². The van der Waals surface area contributed by atoms with Gasteiger partial charge in [0.25, 0.3) is 0 Å². The number of carbonyl (C=O) groups is 1. The van der Waals surface area contributed by atoms with Crippen molar-refractivity contribution in [2.75, 3.05) is 5.73 Å². The van der Waals surface area contributed by atoms with Crippen LogP contribution in [0.5, 0.6) is 0 Å². The molecule has 0 aliphatic rings. The van der Waals surface area contributed by atoms with Crippen LogP contribution in [0.15, 0.2) is 6.33 Å². The van der Waals surface area contributed by atoms with Crippen LogP contribution >= 0.6 is 11.8 Å². The molecule has 5 heteroatoms. The Morgan fingerprint density at radius 3 is 2.83 bits per heavy atom. The van der Waals surface area contributed by atoms with E-state index >= 15 is 0 Å². The fourth-order valence-electron chi connectivity index (χ4n) is 0.741. The second-order valence-electron chi connectivity index (χ2n) is 2.62. The molecular formula is C7H11N3OS. The van der Waals surface area contributed by atoms with Crippen LogP contribution < -0.4 is 5.73 Å². The summed E-state index contributed by atoms with van der Waals surface area (Å²) in [6.45, 7) is 3.91. The largest absolute Gasteiger partial charge is 0.382 e. The van der Waals surface area contributed by atoms with Gasteiger partial charge in [0.15, 0.2) is 5.82 Å². The first kappa shape index (κ1) is 9.12. The van der Waals surface area contributed by atoms with Crippen molar-refractivity contribution in [3.05, 3.63) is 12.0 Å². The molecule has 0 unspecified atom stereocenters. The zero-order chi connectivity index (χ0) is 9.14. The van der Waals surface area contributed by atoms with E-state index < -0.39 is 0 Å². The highest BCUT2D eigenvalue weighted by Gasteiger charge is 2.13. The summed E-state index contributed by atoms with van der Waals surface area (Å²) in [7, 11) is 0. The molecule has 0 saturated carbocycles. The number of imidazole rings is 1. The summed E-state index contributed by atoms with van der Waals surface area (Å²) in [5.41, 5.74) is 5.84. The number of aromatic nitrogens is 2. The first-order valence-corrected chi connectivity index (χ1v) is 4.49. The van der Waals surface area contributed by atoms with E-state index in [4.69, 9.17) is 5.73 Å². The van der Waals surface area contributed by atoms with E-state index in [2.05, 4.69) is 9.97 Å². The predicted octanol–water partition coefficient (Wildman–Crippen LogP) is 1.27. The van der Waals surface area contributed by atoms with Gasteiger partial charge in [-0.1, -0.05) is 25.6 Å². The van der Waals surface area contributed by atoms with Gasteiger partial charge in [-0.2, -0.15) is 0 Å². The number of hydrogen-bond acceptors (Lipinski definition) is 4. The molecule has 0 aromatic carbocycles. The van der Waals surface area contributed by atoms with Gasteiger partial charge in [-0.15, -0.1) is 0 Å². The van der Waals surface area contributed by atoms with Crippen molar-refractivity contribution in [2.24, 2.45) is 0 Å². The Bertz CT molecular complexity index is 282. The number of anilines is 1. The van der Waals surface area contributed by atoms with Gasteiger partial charge in [-0.25, -0.2) is 4.98 Å².